The Kier molecular flexibility index (Phi) is 6.21. The van der Waals surface area contributed by atoms with Gasteiger partial charge in [0.25, 0.3) is 0 Å². The molecule has 0 unspecified atom stereocenters. The second kappa shape index (κ2) is 9.85. The lowest BCUT2D eigenvalue weighted by Crippen LogP contribution is -2.09. The Hall–Kier alpha value is -4.75. The molecule has 0 fully saturated rings. The van der Waals surface area contributed by atoms with Crippen LogP contribution in [0.25, 0.3) is 21.9 Å². The van der Waals surface area contributed by atoms with E-state index in [9.17, 15) is 18.0 Å². The molecule has 0 aliphatic rings. The minimum Gasteiger partial charge on any atom is -0.423 e. The second-order valence-corrected chi connectivity index (χ2v) is 11.3. The van der Waals surface area contributed by atoms with Crippen LogP contribution in [0.4, 0.5) is 0 Å². The zero-order chi connectivity index (χ0) is 27.0. The van der Waals surface area contributed by atoms with Crippen LogP contribution in [-0.2, 0) is 22.7 Å². The van der Waals surface area contributed by atoms with Crippen LogP contribution in [0.2, 0.25) is 0 Å². The van der Waals surface area contributed by atoms with Crippen LogP contribution in [0.15, 0.2) is 137 Å². The normalized spacial score (nSPS) is 11.7. The molecule has 7 heteroatoms. The van der Waals surface area contributed by atoms with Crippen LogP contribution >= 0.6 is 0 Å². The molecule has 0 amide bonds. The highest BCUT2D eigenvalue weighted by molar-refractivity contribution is 7.91. The molecule has 0 N–H and O–H groups in total. The fourth-order valence-electron chi connectivity index (χ4n) is 4.64. The van der Waals surface area contributed by atoms with Gasteiger partial charge in [0, 0.05) is 34.7 Å². The zero-order valence-electron chi connectivity index (χ0n) is 20.7. The van der Waals surface area contributed by atoms with Crippen molar-refractivity contribution < 1.29 is 17.3 Å². The van der Waals surface area contributed by atoms with Gasteiger partial charge in [0.1, 0.15) is 11.2 Å². The number of rotatable bonds is 6. The summed E-state index contributed by atoms with van der Waals surface area (Å²) in [6.07, 6.45) is 0.745. The maximum Gasteiger partial charge on any atom is 0.339 e. The first-order chi connectivity index (χ1) is 18.9. The average molecular weight is 535 g/mol. The van der Waals surface area contributed by atoms with Crippen LogP contribution < -0.4 is 11.3 Å². The third kappa shape index (κ3) is 4.92. The first-order valence-electron chi connectivity index (χ1n) is 12.3. The number of hydrogen-bond acceptors (Lipinski definition) is 6. The van der Waals surface area contributed by atoms with Gasteiger partial charge in [-0.1, -0.05) is 60.7 Å². The first kappa shape index (κ1) is 24.6. The predicted molar refractivity (Wildman–Crippen MR) is 149 cm³/mol. The summed E-state index contributed by atoms with van der Waals surface area (Å²) in [5.74, 6) is 0. The number of hydrogen-bond donors (Lipinski definition) is 0. The van der Waals surface area contributed by atoms with Crippen molar-refractivity contribution in [1.29, 1.82) is 0 Å². The van der Waals surface area contributed by atoms with E-state index in [2.05, 4.69) is 0 Å². The molecule has 6 rings (SSSR count). The van der Waals surface area contributed by atoms with E-state index in [0.29, 0.717) is 45.9 Å². The number of sulfone groups is 1. The van der Waals surface area contributed by atoms with E-state index in [0.717, 1.165) is 11.1 Å². The average Bonchev–Trinajstić information content (AvgIpc) is 2.94. The molecular formula is C32H22O6S. The largest absolute Gasteiger partial charge is 0.423 e. The summed E-state index contributed by atoms with van der Waals surface area (Å²) in [5, 5.41) is 1.03. The molecule has 6 nitrogen and oxygen atoms in total. The van der Waals surface area contributed by atoms with Gasteiger partial charge < -0.3 is 8.83 Å². The Morgan fingerprint density at radius 1 is 0.513 bits per heavy atom. The van der Waals surface area contributed by atoms with Gasteiger partial charge in [0.15, 0.2) is 0 Å². The minimum atomic E-state index is -3.93. The molecule has 0 aliphatic carbocycles. The predicted octanol–water partition coefficient (Wildman–Crippen LogP) is 5.91. The highest BCUT2D eigenvalue weighted by Crippen LogP contribution is 2.28. The van der Waals surface area contributed by atoms with E-state index < -0.39 is 21.1 Å². The van der Waals surface area contributed by atoms with Crippen molar-refractivity contribution in [3.8, 4) is 0 Å². The van der Waals surface area contributed by atoms with Crippen molar-refractivity contribution in [3.63, 3.8) is 0 Å². The topological polar surface area (TPSA) is 94.6 Å². The molecule has 0 aliphatic heterocycles. The summed E-state index contributed by atoms with van der Waals surface area (Å²) in [6.45, 7) is 0. The number of fused-ring (bicyclic) bond motifs is 2. The van der Waals surface area contributed by atoms with Crippen molar-refractivity contribution in [1.82, 2.24) is 0 Å². The summed E-state index contributed by atoms with van der Waals surface area (Å²) in [4.78, 5) is 25.2. The first-order valence-corrected chi connectivity index (χ1v) is 13.8. The maximum absolute atomic E-state index is 13.6. The van der Waals surface area contributed by atoms with Gasteiger partial charge in [-0.2, -0.15) is 0 Å². The highest BCUT2D eigenvalue weighted by Gasteiger charge is 2.20. The molecule has 0 radical (unpaired) electrons. The molecule has 2 heterocycles. The standard InChI is InChI=1S/C32H22O6S/c33-31-25(15-21-7-3-1-4-8-21)17-23-19-27(11-13-29(23)37-31)39(35,36)28-12-14-30-24(20-28)18-26(32(34)38-30)16-22-9-5-2-6-10-22/h1-14,17-20H,15-16H2. The molecule has 6 aromatic rings. The molecule has 0 saturated heterocycles. The Morgan fingerprint density at radius 3 is 1.33 bits per heavy atom. The van der Waals surface area contributed by atoms with Gasteiger partial charge >= 0.3 is 11.3 Å². The number of benzene rings is 4. The van der Waals surface area contributed by atoms with Crippen molar-refractivity contribution in [2.75, 3.05) is 0 Å². The summed E-state index contributed by atoms with van der Waals surface area (Å²) in [6, 6.07) is 31.2. The van der Waals surface area contributed by atoms with Crippen LogP contribution in [0.5, 0.6) is 0 Å². The molecule has 4 aromatic carbocycles. The van der Waals surface area contributed by atoms with Crippen molar-refractivity contribution >= 4 is 31.8 Å². The Bertz CT molecular complexity index is 1910. The third-order valence-corrected chi connectivity index (χ3v) is 8.40. The molecule has 0 saturated carbocycles. The Morgan fingerprint density at radius 2 is 0.923 bits per heavy atom. The zero-order valence-corrected chi connectivity index (χ0v) is 21.5. The molecule has 0 bridgehead atoms. The van der Waals surface area contributed by atoms with Crippen molar-refractivity contribution in [2.45, 2.75) is 22.6 Å². The van der Waals surface area contributed by atoms with Gasteiger partial charge in [-0.05, 0) is 59.7 Å². The maximum atomic E-state index is 13.6. The summed E-state index contributed by atoms with van der Waals surface area (Å²) < 4.78 is 38.2. The molecule has 0 atom stereocenters. The van der Waals surface area contributed by atoms with E-state index in [1.807, 2.05) is 60.7 Å². The quantitative estimate of drug-likeness (QED) is 0.247. The smallest absolute Gasteiger partial charge is 0.339 e. The minimum absolute atomic E-state index is 0.0655. The summed E-state index contributed by atoms with van der Waals surface area (Å²) in [5.41, 5.74) is 2.48. The Labute approximate surface area is 223 Å². The van der Waals surface area contributed by atoms with Gasteiger partial charge in [-0.25, -0.2) is 18.0 Å². The fraction of sp³-hybridized carbons (Fsp3) is 0.0625. The van der Waals surface area contributed by atoms with Crippen LogP contribution in [0, 0.1) is 0 Å². The summed E-state index contributed by atoms with van der Waals surface area (Å²) >= 11 is 0. The van der Waals surface area contributed by atoms with Gasteiger partial charge in [-0.15, -0.1) is 0 Å². The van der Waals surface area contributed by atoms with Crippen LogP contribution in [0.1, 0.15) is 22.3 Å². The van der Waals surface area contributed by atoms with Crippen molar-refractivity contribution in [3.05, 3.63) is 152 Å². The summed E-state index contributed by atoms with van der Waals surface area (Å²) in [7, 11) is -3.93. The Balaban J connectivity index is 1.38. The van der Waals surface area contributed by atoms with E-state index in [1.54, 1.807) is 12.1 Å². The molecule has 0 spiro atoms. The molecule has 2 aromatic heterocycles. The van der Waals surface area contributed by atoms with Crippen molar-refractivity contribution in [2.24, 2.45) is 0 Å². The lowest BCUT2D eigenvalue weighted by atomic mass is 10.1. The highest BCUT2D eigenvalue weighted by atomic mass is 32.2. The van der Waals surface area contributed by atoms with E-state index >= 15 is 0 Å². The van der Waals surface area contributed by atoms with E-state index in [-0.39, 0.29) is 9.79 Å². The molecule has 39 heavy (non-hydrogen) atoms. The third-order valence-electron chi connectivity index (χ3n) is 6.65. The van der Waals surface area contributed by atoms with E-state index in [1.165, 1.54) is 36.4 Å². The van der Waals surface area contributed by atoms with Crippen LogP contribution in [0.3, 0.4) is 0 Å². The van der Waals surface area contributed by atoms with Crippen LogP contribution in [-0.4, -0.2) is 8.42 Å². The monoisotopic (exact) mass is 534 g/mol. The van der Waals surface area contributed by atoms with Gasteiger partial charge in [0.2, 0.25) is 9.84 Å². The molecule has 192 valence electrons. The molecular weight excluding hydrogens is 512 g/mol. The second-order valence-electron chi connectivity index (χ2n) is 9.35. The lowest BCUT2D eigenvalue weighted by molar-refractivity contribution is 0.552. The fourth-order valence-corrected chi connectivity index (χ4v) is 5.97. The lowest BCUT2D eigenvalue weighted by Gasteiger charge is -2.09. The van der Waals surface area contributed by atoms with Gasteiger partial charge in [0.05, 0.1) is 9.79 Å². The van der Waals surface area contributed by atoms with Gasteiger partial charge in [-0.3, -0.25) is 0 Å². The van der Waals surface area contributed by atoms with E-state index in [4.69, 9.17) is 8.83 Å². The SMILES string of the molecule is O=c1oc2ccc(S(=O)(=O)c3ccc4oc(=O)c(Cc5ccccc5)cc4c3)cc2cc1Cc1ccccc1.